The molecule has 0 N–H and O–H groups in total. The Hall–Kier alpha value is -7.48. The number of hydrogen-bond acceptors (Lipinski definition) is 3. The van der Waals surface area contributed by atoms with E-state index in [1.807, 2.05) is 36.4 Å². The highest BCUT2D eigenvalue weighted by Crippen LogP contribution is 2.42. The van der Waals surface area contributed by atoms with Crippen LogP contribution >= 0.6 is 0 Å². The van der Waals surface area contributed by atoms with Crippen molar-refractivity contribution in [3.8, 4) is 45.3 Å². The van der Waals surface area contributed by atoms with Gasteiger partial charge in [0.25, 0.3) is 0 Å². The quantitative estimate of drug-likeness (QED) is 0.173. The maximum Gasteiger partial charge on any atom is 0.144 e. The van der Waals surface area contributed by atoms with Crippen LogP contribution in [0.3, 0.4) is 0 Å². The highest BCUT2D eigenvalue weighted by atomic mass is 16.3. The van der Waals surface area contributed by atoms with Crippen LogP contribution in [0.1, 0.15) is 5.56 Å². The second kappa shape index (κ2) is 11.8. The van der Waals surface area contributed by atoms with Gasteiger partial charge < -0.3 is 8.98 Å². The number of rotatable bonds is 4. The van der Waals surface area contributed by atoms with E-state index in [1.54, 1.807) is 0 Å². The zero-order valence-electron chi connectivity index (χ0n) is 29.0. The molecule has 250 valence electrons. The third kappa shape index (κ3) is 4.59. The first-order valence-electron chi connectivity index (χ1n) is 18.1. The van der Waals surface area contributed by atoms with Crippen molar-refractivity contribution in [3.63, 3.8) is 0 Å². The smallest absolute Gasteiger partial charge is 0.144 e. The van der Waals surface area contributed by atoms with E-state index in [1.165, 1.54) is 0 Å². The van der Waals surface area contributed by atoms with Crippen LogP contribution in [0.25, 0.3) is 105 Å². The second-order valence-electron chi connectivity index (χ2n) is 13.8. The van der Waals surface area contributed by atoms with Gasteiger partial charge in [-0.3, -0.25) is 0 Å². The average molecular weight is 688 g/mol. The third-order valence-corrected chi connectivity index (χ3v) is 10.8. The summed E-state index contributed by atoms with van der Waals surface area (Å²) in [6.45, 7) is 0. The maximum absolute atomic E-state index is 9.72. The molecule has 0 radical (unpaired) electrons. The van der Waals surface area contributed by atoms with Crippen LogP contribution in [0.5, 0.6) is 0 Å². The average Bonchev–Trinajstić information content (AvgIpc) is 3.79. The first kappa shape index (κ1) is 30.2. The predicted molar refractivity (Wildman–Crippen MR) is 222 cm³/mol. The Kier molecular flexibility index (Phi) is 6.58. The molecule has 0 fully saturated rings. The van der Waals surface area contributed by atoms with Crippen molar-refractivity contribution >= 4 is 65.4 Å². The van der Waals surface area contributed by atoms with E-state index < -0.39 is 0 Å². The Balaban J connectivity index is 1.04. The molecule has 0 aliphatic rings. The topological polar surface area (TPSA) is 54.8 Å². The van der Waals surface area contributed by atoms with E-state index in [-0.39, 0.29) is 0 Å². The van der Waals surface area contributed by atoms with Crippen molar-refractivity contribution in [1.29, 1.82) is 5.26 Å². The largest absolute Gasteiger partial charge is 0.455 e. The molecule has 0 unspecified atom stereocenters. The summed E-state index contributed by atoms with van der Waals surface area (Å²) >= 11 is 0. The van der Waals surface area contributed by atoms with E-state index in [9.17, 15) is 5.26 Å². The summed E-state index contributed by atoms with van der Waals surface area (Å²) in [7, 11) is 0. The number of para-hydroxylation sites is 2. The Bertz CT molecular complexity index is 3310. The molecule has 11 aromatic rings. The first-order chi connectivity index (χ1) is 26.7. The predicted octanol–water partition coefficient (Wildman–Crippen LogP) is 13.3. The van der Waals surface area contributed by atoms with Crippen molar-refractivity contribution in [2.75, 3.05) is 0 Å². The van der Waals surface area contributed by atoms with Gasteiger partial charge in [0.2, 0.25) is 0 Å². The molecule has 0 saturated carbocycles. The SMILES string of the molecule is N#Cc1ccc2c(c1)c1cc(-c3ccc(-c4ccc5c(c4)nc(-c4ccccc4)c4ccc6c7ccccc7oc6c45)cc3)ccc1n2-c1ccccc1. The minimum Gasteiger partial charge on any atom is -0.455 e. The molecular formula is C50H29N3O. The lowest BCUT2D eigenvalue weighted by Crippen LogP contribution is -1.93. The van der Waals surface area contributed by atoms with Crippen LogP contribution in [0, 0.1) is 11.3 Å². The summed E-state index contributed by atoms with van der Waals surface area (Å²) in [6, 6.07) is 63.7. The number of hydrogen-bond donors (Lipinski definition) is 0. The standard InChI is InChI=1S/C50H29N3O/c51-30-31-15-25-45-42(27-31)43-28-35(21-26-46(43)53(45)37-11-5-2-6-12-37)32-16-18-33(19-17-32)36-20-22-40-44(29-36)52-49(34-9-3-1-4-10-34)41-24-23-39-38-13-7-8-14-47(38)54-50(39)48(40)41/h1-29H. The van der Waals surface area contributed by atoms with Gasteiger partial charge in [0.15, 0.2) is 0 Å². The lowest BCUT2D eigenvalue weighted by Gasteiger charge is -2.12. The molecule has 0 spiro atoms. The lowest BCUT2D eigenvalue weighted by atomic mass is 9.95. The molecule has 0 aliphatic heterocycles. The second-order valence-corrected chi connectivity index (χ2v) is 13.8. The summed E-state index contributed by atoms with van der Waals surface area (Å²) in [4.78, 5) is 5.31. The number of benzene rings is 8. The van der Waals surface area contributed by atoms with Gasteiger partial charge in [-0.2, -0.15) is 5.26 Å². The van der Waals surface area contributed by atoms with Gasteiger partial charge in [-0.1, -0.05) is 115 Å². The molecule has 0 bridgehead atoms. The lowest BCUT2D eigenvalue weighted by molar-refractivity contribution is 0.673. The normalized spacial score (nSPS) is 11.7. The molecule has 0 atom stereocenters. The molecule has 0 saturated heterocycles. The molecule has 3 aromatic heterocycles. The summed E-state index contributed by atoms with van der Waals surface area (Å²) in [5.74, 6) is 0. The maximum atomic E-state index is 9.72. The summed E-state index contributed by atoms with van der Waals surface area (Å²) in [5, 5.41) is 17.4. The molecule has 4 nitrogen and oxygen atoms in total. The number of nitrogens with zero attached hydrogens (tertiary/aromatic N) is 3. The molecule has 4 heteroatoms. The number of pyridine rings is 1. The van der Waals surface area contributed by atoms with Crippen LogP contribution < -0.4 is 0 Å². The van der Waals surface area contributed by atoms with Gasteiger partial charge in [-0.25, -0.2) is 4.98 Å². The molecule has 11 rings (SSSR count). The number of fused-ring (bicyclic) bond motifs is 10. The van der Waals surface area contributed by atoms with Crippen molar-refractivity contribution < 1.29 is 4.42 Å². The Morgan fingerprint density at radius 1 is 0.463 bits per heavy atom. The van der Waals surface area contributed by atoms with E-state index in [2.05, 4.69) is 150 Å². The van der Waals surface area contributed by atoms with E-state index in [0.29, 0.717) is 5.56 Å². The molecule has 0 aliphatic carbocycles. The highest BCUT2D eigenvalue weighted by Gasteiger charge is 2.18. The minimum atomic E-state index is 0.653. The monoisotopic (exact) mass is 687 g/mol. The van der Waals surface area contributed by atoms with Crippen LogP contribution in [0.15, 0.2) is 180 Å². The molecule has 8 aromatic carbocycles. The number of aromatic nitrogens is 2. The van der Waals surface area contributed by atoms with Crippen LogP contribution in [0.4, 0.5) is 0 Å². The molecule has 0 amide bonds. The Morgan fingerprint density at radius 3 is 1.85 bits per heavy atom. The fourth-order valence-corrected chi connectivity index (χ4v) is 8.25. The van der Waals surface area contributed by atoms with Crippen molar-refractivity contribution in [2.24, 2.45) is 0 Å². The van der Waals surface area contributed by atoms with Gasteiger partial charge >= 0.3 is 0 Å². The zero-order valence-corrected chi connectivity index (χ0v) is 29.0. The summed E-state index contributed by atoms with van der Waals surface area (Å²) in [5.41, 5.74) is 13.1. The zero-order chi connectivity index (χ0) is 35.8. The third-order valence-electron chi connectivity index (χ3n) is 10.8. The summed E-state index contributed by atoms with van der Waals surface area (Å²) < 4.78 is 8.85. The fraction of sp³-hybridized carbons (Fsp3) is 0. The first-order valence-corrected chi connectivity index (χ1v) is 18.1. The minimum absolute atomic E-state index is 0.653. The van der Waals surface area contributed by atoms with Crippen LogP contribution in [-0.2, 0) is 0 Å². The van der Waals surface area contributed by atoms with E-state index in [0.717, 1.165) is 105 Å². The van der Waals surface area contributed by atoms with Crippen molar-refractivity contribution in [2.45, 2.75) is 0 Å². The number of furan rings is 1. The van der Waals surface area contributed by atoms with E-state index >= 15 is 0 Å². The van der Waals surface area contributed by atoms with Crippen molar-refractivity contribution in [3.05, 3.63) is 181 Å². The number of nitriles is 1. The van der Waals surface area contributed by atoms with Crippen molar-refractivity contribution in [1.82, 2.24) is 9.55 Å². The highest BCUT2D eigenvalue weighted by molar-refractivity contribution is 6.25. The van der Waals surface area contributed by atoms with E-state index in [4.69, 9.17) is 9.40 Å². The van der Waals surface area contributed by atoms with Gasteiger partial charge in [0, 0.05) is 49.0 Å². The van der Waals surface area contributed by atoms with Gasteiger partial charge in [0.1, 0.15) is 11.2 Å². The Morgan fingerprint density at radius 2 is 1.07 bits per heavy atom. The van der Waals surface area contributed by atoms with Crippen LogP contribution in [0.2, 0.25) is 0 Å². The van der Waals surface area contributed by atoms with Gasteiger partial charge in [-0.05, 0) is 82.9 Å². The summed E-state index contributed by atoms with van der Waals surface area (Å²) in [6.07, 6.45) is 0. The fourth-order valence-electron chi connectivity index (χ4n) is 8.25. The Labute approximate surface area is 310 Å². The molecule has 54 heavy (non-hydrogen) atoms. The van der Waals surface area contributed by atoms with Crippen LogP contribution in [-0.4, -0.2) is 9.55 Å². The van der Waals surface area contributed by atoms with Gasteiger partial charge in [0.05, 0.1) is 33.9 Å². The van der Waals surface area contributed by atoms with Gasteiger partial charge in [-0.15, -0.1) is 0 Å². The molecular weight excluding hydrogens is 659 g/mol. The molecule has 3 heterocycles.